The first-order valence-corrected chi connectivity index (χ1v) is 7.31. The maximum Gasteiger partial charge on any atom is 0.171 e. The normalized spacial score (nSPS) is 10.3. The van der Waals surface area contributed by atoms with Gasteiger partial charge in [0.2, 0.25) is 0 Å². The lowest BCUT2D eigenvalue weighted by Gasteiger charge is -2.08. The van der Waals surface area contributed by atoms with E-state index in [-0.39, 0.29) is 5.78 Å². The van der Waals surface area contributed by atoms with Crippen LogP contribution in [0.4, 0.5) is 0 Å². The van der Waals surface area contributed by atoms with E-state index in [0.29, 0.717) is 24.3 Å². The predicted octanol–water partition coefficient (Wildman–Crippen LogP) is 4.33. The van der Waals surface area contributed by atoms with Gasteiger partial charge >= 0.3 is 0 Å². The molecule has 0 amide bonds. The summed E-state index contributed by atoms with van der Waals surface area (Å²) in [6.07, 6.45) is 0.417. The fourth-order valence-electron chi connectivity index (χ4n) is 1.68. The summed E-state index contributed by atoms with van der Waals surface area (Å²) in [6.45, 7) is 2.48. The molecule has 18 heavy (non-hydrogen) atoms. The molecule has 1 aromatic heterocycles. The molecule has 0 fully saturated rings. The van der Waals surface area contributed by atoms with Gasteiger partial charge in [0, 0.05) is 11.3 Å². The van der Waals surface area contributed by atoms with Crippen LogP contribution >= 0.6 is 27.3 Å². The zero-order valence-electron chi connectivity index (χ0n) is 9.98. The third-order valence-electron chi connectivity index (χ3n) is 2.45. The first-order chi connectivity index (χ1) is 8.70. The van der Waals surface area contributed by atoms with E-state index in [9.17, 15) is 4.79 Å². The number of rotatable bonds is 5. The van der Waals surface area contributed by atoms with E-state index in [2.05, 4.69) is 15.9 Å². The van der Waals surface area contributed by atoms with Crippen LogP contribution in [-0.4, -0.2) is 12.4 Å². The third kappa shape index (κ3) is 3.21. The van der Waals surface area contributed by atoms with Gasteiger partial charge in [0.05, 0.1) is 16.0 Å². The molecular formula is C14H13BrO2S. The molecule has 94 valence electrons. The SMILES string of the molecule is CCOc1ccccc1C(=O)Cc1ccc(Br)s1. The highest BCUT2D eigenvalue weighted by Crippen LogP contribution is 2.25. The van der Waals surface area contributed by atoms with Crippen molar-refractivity contribution in [2.45, 2.75) is 13.3 Å². The van der Waals surface area contributed by atoms with Crippen molar-refractivity contribution in [3.8, 4) is 5.75 Å². The Balaban J connectivity index is 2.18. The molecule has 4 heteroatoms. The summed E-state index contributed by atoms with van der Waals surface area (Å²) in [5.41, 5.74) is 0.656. The molecule has 0 saturated carbocycles. The van der Waals surface area contributed by atoms with Crippen molar-refractivity contribution in [1.29, 1.82) is 0 Å². The highest BCUT2D eigenvalue weighted by Gasteiger charge is 2.13. The van der Waals surface area contributed by atoms with Gasteiger partial charge in [-0.3, -0.25) is 4.79 Å². The molecule has 2 nitrogen and oxygen atoms in total. The number of carbonyl (C=O) groups excluding carboxylic acids is 1. The van der Waals surface area contributed by atoms with Crippen LogP contribution in [0.1, 0.15) is 22.2 Å². The van der Waals surface area contributed by atoms with E-state index < -0.39 is 0 Å². The zero-order valence-corrected chi connectivity index (χ0v) is 12.4. The van der Waals surface area contributed by atoms with Crippen LogP contribution in [-0.2, 0) is 6.42 Å². The Hall–Kier alpha value is -1.13. The topological polar surface area (TPSA) is 26.3 Å². The van der Waals surface area contributed by atoms with E-state index in [4.69, 9.17) is 4.74 Å². The second-order valence-electron chi connectivity index (χ2n) is 3.73. The molecule has 0 radical (unpaired) electrons. The van der Waals surface area contributed by atoms with Crippen molar-refractivity contribution in [3.63, 3.8) is 0 Å². The Labute approximate surface area is 119 Å². The van der Waals surface area contributed by atoms with Crippen LogP contribution in [0.15, 0.2) is 40.2 Å². The fourth-order valence-corrected chi connectivity index (χ4v) is 3.16. The van der Waals surface area contributed by atoms with Gasteiger partial charge < -0.3 is 4.74 Å². The summed E-state index contributed by atoms with van der Waals surface area (Å²) < 4.78 is 6.52. The Bertz CT molecular complexity index is 548. The van der Waals surface area contributed by atoms with Crippen molar-refractivity contribution < 1.29 is 9.53 Å². The van der Waals surface area contributed by atoms with Crippen LogP contribution in [0.25, 0.3) is 0 Å². The van der Waals surface area contributed by atoms with Crippen molar-refractivity contribution in [1.82, 2.24) is 0 Å². The van der Waals surface area contributed by atoms with Crippen LogP contribution in [0.5, 0.6) is 5.75 Å². The molecule has 0 aliphatic rings. The summed E-state index contributed by atoms with van der Waals surface area (Å²) in [7, 11) is 0. The Morgan fingerprint density at radius 3 is 2.72 bits per heavy atom. The number of carbonyl (C=O) groups is 1. The summed E-state index contributed by atoms with van der Waals surface area (Å²) >= 11 is 4.99. The molecule has 0 N–H and O–H groups in total. The highest BCUT2D eigenvalue weighted by atomic mass is 79.9. The number of halogens is 1. The number of ketones is 1. The lowest BCUT2D eigenvalue weighted by atomic mass is 10.1. The fraction of sp³-hybridized carbons (Fsp3) is 0.214. The number of ether oxygens (including phenoxy) is 1. The van der Waals surface area contributed by atoms with Crippen molar-refractivity contribution in [2.75, 3.05) is 6.61 Å². The molecule has 2 aromatic rings. The highest BCUT2D eigenvalue weighted by molar-refractivity contribution is 9.11. The van der Waals surface area contributed by atoms with Gasteiger partial charge in [-0.2, -0.15) is 0 Å². The number of thiophene rings is 1. The van der Waals surface area contributed by atoms with Crippen LogP contribution in [0, 0.1) is 0 Å². The van der Waals surface area contributed by atoms with Gasteiger partial charge in [-0.25, -0.2) is 0 Å². The summed E-state index contributed by atoms with van der Waals surface area (Å²) in [4.78, 5) is 13.3. The average Bonchev–Trinajstić information content (AvgIpc) is 2.76. The predicted molar refractivity (Wildman–Crippen MR) is 77.7 cm³/mol. The molecule has 0 bridgehead atoms. The summed E-state index contributed by atoms with van der Waals surface area (Å²) in [5, 5.41) is 0. The summed E-state index contributed by atoms with van der Waals surface area (Å²) in [5.74, 6) is 0.758. The minimum atomic E-state index is 0.0911. The molecule has 1 aromatic carbocycles. The molecule has 0 unspecified atom stereocenters. The van der Waals surface area contributed by atoms with Crippen LogP contribution in [0.2, 0.25) is 0 Å². The number of benzene rings is 1. The van der Waals surface area contributed by atoms with Crippen molar-refractivity contribution in [3.05, 3.63) is 50.6 Å². The lowest BCUT2D eigenvalue weighted by molar-refractivity contribution is 0.0990. The van der Waals surface area contributed by atoms with E-state index in [1.54, 1.807) is 11.3 Å². The van der Waals surface area contributed by atoms with Crippen molar-refractivity contribution in [2.24, 2.45) is 0 Å². The van der Waals surface area contributed by atoms with E-state index in [1.807, 2.05) is 43.3 Å². The van der Waals surface area contributed by atoms with Gasteiger partial charge in [0.1, 0.15) is 5.75 Å². The quantitative estimate of drug-likeness (QED) is 0.765. The molecule has 2 rings (SSSR count). The Kier molecular flexibility index (Phi) is 4.55. The van der Waals surface area contributed by atoms with Crippen molar-refractivity contribution >= 4 is 33.0 Å². The van der Waals surface area contributed by atoms with Crippen LogP contribution in [0.3, 0.4) is 0 Å². The lowest BCUT2D eigenvalue weighted by Crippen LogP contribution is -2.05. The van der Waals surface area contributed by atoms with Gasteiger partial charge in [0.25, 0.3) is 0 Å². The smallest absolute Gasteiger partial charge is 0.171 e. The van der Waals surface area contributed by atoms with E-state index >= 15 is 0 Å². The standard InChI is InChI=1S/C14H13BrO2S/c1-2-17-13-6-4-3-5-11(13)12(16)9-10-7-8-14(15)18-10/h3-8H,2,9H2,1H3. The minimum Gasteiger partial charge on any atom is -0.493 e. The zero-order chi connectivity index (χ0) is 13.0. The molecule has 0 aliphatic heterocycles. The second kappa shape index (κ2) is 6.16. The maximum atomic E-state index is 12.2. The number of hydrogen-bond acceptors (Lipinski definition) is 3. The Morgan fingerprint density at radius 1 is 1.28 bits per heavy atom. The minimum absolute atomic E-state index is 0.0911. The second-order valence-corrected chi connectivity index (χ2v) is 6.28. The number of hydrogen-bond donors (Lipinski definition) is 0. The molecule has 0 saturated heterocycles. The number of para-hydroxylation sites is 1. The average molecular weight is 325 g/mol. The largest absolute Gasteiger partial charge is 0.493 e. The van der Waals surface area contributed by atoms with E-state index in [1.165, 1.54) is 0 Å². The van der Waals surface area contributed by atoms with Gasteiger partial charge in [-0.1, -0.05) is 12.1 Å². The molecule has 1 heterocycles. The first kappa shape index (κ1) is 13.3. The third-order valence-corrected chi connectivity index (χ3v) is 4.07. The maximum absolute atomic E-state index is 12.2. The monoisotopic (exact) mass is 324 g/mol. The Morgan fingerprint density at radius 2 is 2.06 bits per heavy atom. The van der Waals surface area contributed by atoms with E-state index in [0.717, 1.165) is 8.66 Å². The molecule has 0 spiro atoms. The van der Waals surface area contributed by atoms with Gasteiger partial charge in [-0.05, 0) is 47.1 Å². The molecular weight excluding hydrogens is 312 g/mol. The van der Waals surface area contributed by atoms with Crippen LogP contribution < -0.4 is 4.74 Å². The molecule has 0 aliphatic carbocycles. The van der Waals surface area contributed by atoms with Gasteiger partial charge in [-0.15, -0.1) is 11.3 Å². The number of Topliss-reactive ketones (excluding diaryl/α,β-unsaturated/α-hetero) is 1. The molecule has 0 atom stereocenters. The summed E-state index contributed by atoms with van der Waals surface area (Å²) in [6, 6.07) is 11.3. The first-order valence-electron chi connectivity index (χ1n) is 5.70. The van der Waals surface area contributed by atoms with Gasteiger partial charge in [0.15, 0.2) is 5.78 Å².